The van der Waals surface area contributed by atoms with Crippen LogP contribution in [-0.2, 0) is 14.8 Å². The lowest BCUT2D eigenvalue weighted by Gasteiger charge is -2.27. The fourth-order valence-corrected chi connectivity index (χ4v) is 3.25. The van der Waals surface area contributed by atoms with Crippen LogP contribution in [0.25, 0.3) is 0 Å². The Labute approximate surface area is 103 Å². The van der Waals surface area contributed by atoms with E-state index in [0.717, 1.165) is 25.9 Å². The zero-order valence-electron chi connectivity index (χ0n) is 9.69. The lowest BCUT2D eigenvalue weighted by atomic mass is 10.1. The normalized spacial score (nSPS) is 22.6. The van der Waals surface area contributed by atoms with Gasteiger partial charge < -0.3 is 4.74 Å². The molecule has 0 bridgehead atoms. The highest BCUT2D eigenvalue weighted by Crippen LogP contribution is 2.15. The molecule has 0 radical (unpaired) electrons. The molecule has 96 valence electrons. The van der Waals surface area contributed by atoms with Gasteiger partial charge in [-0.1, -0.05) is 0 Å². The van der Waals surface area contributed by atoms with Crippen molar-refractivity contribution in [2.75, 3.05) is 31.8 Å². The van der Waals surface area contributed by atoms with E-state index in [2.05, 4.69) is 0 Å². The second kappa shape index (κ2) is 6.79. The van der Waals surface area contributed by atoms with E-state index in [-0.39, 0.29) is 11.9 Å². The van der Waals surface area contributed by atoms with E-state index < -0.39 is 10.0 Å². The van der Waals surface area contributed by atoms with Gasteiger partial charge in [0.15, 0.2) is 0 Å². The first-order chi connectivity index (χ1) is 7.56. The Morgan fingerprint density at radius 2 is 2.19 bits per heavy atom. The number of alkyl halides is 1. The SMILES string of the molecule is CN(CC1CCCCO1)S(=O)(=O)CCCCl. The topological polar surface area (TPSA) is 46.6 Å². The van der Waals surface area contributed by atoms with Crippen molar-refractivity contribution < 1.29 is 13.2 Å². The minimum Gasteiger partial charge on any atom is -0.377 e. The number of hydrogen-bond acceptors (Lipinski definition) is 3. The van der Waals surface area contributed by atoms with Crippen molar-refractivity contribution in [1.82, 2.24) is 4.31 Å². The van der Waals surface area contributed by atoms with E-state index >= 15 is 0 Å². The number of ether oxygens (including phenoxy) is 1. The van der Waals surface area contributed by atoms with E-state index in [0.29, 0.717) is 18.8 Å². The second-order valence-electron chi connectivity index (χ2n) is 4.13. The Morgan fingerprint density at radius 1 is 1.44 bits per heavy atom. The van der Waals surface area contributed by atoms with E-state index in [9.17, 15) is 8.42 Å². The fraction of sp³-hybridized carbons (Fsp3) is 1.00. The molecule has 1 fully saturated rings. The largest absolute Gasteiger partial charge is 0.377 e. The molecule has 0 saturated carbocycles. The summed E-state index contributed by atoms with van der Waals surface area (Å²) in [5, 5.41) is 0. The highest BCUT2D eigenvalue weighted by molar-refractivity contribution is 7.89. The third-order valence-electron chi connectivity index (χ3n) is 2.75. The average molecular weight is 270 g/mol. The molecule has 16 heavy (non-hydrogen) atoms. The number of halogens is 1. The van der Waals surface area contributed by atoms with Gasteiger partial charge in [0.05, 0.1) is 11.9 Å². The van der Waals surface area contributed by atoms with Gasteiger partial charge in [-0.25, -0.2) is 12.7 Å². The molecule has 1 unspecified atom stereocenters. The smallest absolute Gasteiger partial charge is 0.213 e. The first-order valence-corrected chi connectivity index (χ1v) is 7.82. The molecule has 4 nitrogen and oxygen atoms in total. The lowest BCUT2D eigenvalue weighted by molar-refractivity contribution is 0.00859. The third kappa shape index (κ3) is 4.57. The maximum atomic E-state index is 11.8. The van der Waals surface area contributed by atoms with Gasteiger partial charge in [-0.15, -0.1) is 11.6 Å². The molecule has 0 aromatic heterocycles. The zero-order valence-corrected chi connectivity index (χ0v) is 11.3. The lowest BCUT2D eigenvalue weighted by Crippen LogP contribution is -2.38. The van der Waals surface area contributed by atoms with E-state index in [4.69, 9.17) is 16.3 Å². The number of hydrogen-bond donors (Lipinski definition) is 0. The van der Waals surface area contributed by atoms with Crippen LogP contribution in [0.15, 0.2) is 0 Å². The van der Waals surface area contributed by atoms with Crippen molar-refractivity contribution in [3.05, 3.63) is 0 Å². The minimum absolute atomic E-state index is 0.0597. The van der Waals surface area contributed by atoms with Crippen molar-refractivity contribution in [2.24, 2.45) is 0 Å². The summed E-state index contributed by atoms with van der Waals surface area (Å²) in [7, 11) is -1.54. The summed E-state index contributed by atoms with van der Waals surface area (Å²) < 4.78 is 30.5. The quantitative estimate of drug-likeness (QED) is 0.686. The van der Waals surface area contributed by atoms with Gasteiger partial charge in [-0.3, -0.25) is 0 Å². The summed E-state index contributed by atoms with van der Waals surface area (Å²) in [6.07, 6.45) is 3.72. The standard InChI is InChI=1S/C10H20ClNO3S/c1-12(16(13,14)8-4-6-11)9-10-5-2-3-7-15-10/h10H,2-9H2,1H3. The fourth-order valence-electron chi connectivity index (χ4n) is 1.74. The van der Waals surface area contributed by atoms with Crippen molar-refractivity contribution in [3.63, 3.8) is 0 Å². The third-order valence-corrected chi connectivity index (χ3v) is 4.92. The van der Waals surface area contributed by atoms with Gasteiger partial charge in [0.25, 0.3) is 0 Å². The van der Waals surface area contributed by atoms with Crippen LogP contribution in [-0.4, -0.2) is 50.7 Å². The zero-order chi connectivity index (χ0) is 12.0. The van der Waals surface area contributed by atoms with Crippen LogP contribution >= 0.6 is 11.6 Å². The summed E-state index contributed by atoms with van der Waals surface area (Å²) in [4.78, 5) is 0. The molecule has 0 aromatic carbocycles. The Bertz CT molecular complexity index is 288. The number of sulfonamides is 1. The molecule has 1 atom stereocenters. The average Bonchev–Trinajstić information content (AvgIpc) is 2.28. The van der Waals surface area contributed by atoms with Gasteiger partial charge in [0.1, 0.15) is 0 Å². The molecule has 0 aliphatic carbocycles. The molecule has 1 heterocycles. The molecular weight excluding hydrogens is 250 g/mol. The van der Waals surface area contributed by atoms with Crippen molar-refractivity contribution in [3.8, 4) is 0 Å². The molecule has 0 aromatic rings. The maximum absolute atomic E-state index is 11.8. The Morgan fingerprint density at radius 3 is 2.75 bits per heavy atom. The number of likely N-dealkylation sites (N-methyl/N-ethyl adjacent to an activating group) is 1. The first kappa shape index (κ1) is 14.2. The van der Waals surface area contributed by atoms with Gasteiger partial charge in [-0.05, 0) is 25.7 Å². The predicted molar refractivity (Wildman–Crippen MR) is 65.3 cm³/mol. The Kier molecular flexibility index (Phi) is 6.03. The molecule has 1 rings (SSSR count). The molecule has 1 saturated heterocycles. The number of rotatable bonds is 6. The predicted octanol–water partition coefficient (Wildman–Crippen LogP) is 1.45. The van der Waals surface area contributed by atoms with Crippen LogP contribution in [0.1, 0.15) is 25.7 Å². The Balaban J connectivity index is 2.40. The van der Waals surface area contributed by atoms with Crippen LogP contribution in [0.4, 0.5) is 0 Å². The van der Waals surface area contributed by atoms with E-state index in [1.807, 2.05) is 0 Å². The Hall–Kier alpha value is 0.160. The molecule has 1 aliphatic heterocycles. The van der Waals surface area contributed by atoms with Crippen molar-refractivity contribution >= 4 is 21.6 Å². The van der Waals surface area contributed by atoms with Crippen molar-refractivity contribution in [1.29, 1.82) is 0 Å². The van der Waals surface area contributed by atoms with E-state index in [1.54, 1.807) is 7.05 Å². The van der Waals surface area contributed by atoms with E-state index in [1.165, 1.54) is 4.31 Å². The van der Waals surface area contributed by atoms with Gasteiger partial charge in [0.2, 0.25) is 10.0 Å². The van der Waals surface area contributed by atoms with Crippen LogP contribution in [0.5, 0.6) is 0 Å². The van der Waals surface area contributed by atoms with Crippen LogP contribution in [0.3, 0.4) is 0 Å². The van der Waals surface area contributed by atoms with Crippen LogP contribution in [0.2, 0.25) is 0 Å². The molecule has 0 amide bonds. The molecular formula is C10H20ClNO3S. The summed E-state index contributed by atoms with van der Waals surface area (Å²) in [6.45, 7) is 1.21. The molecule has 6 heteroatoms. The minimum atomic E-state index is -3.15. The highest BCUT2D eigenvalue weighted by atomic mass is 35.5. The molecule has 0 spiro atoms. The van der Waals surface area contributed by atoms with Gasteiger partial charge >= 0.3 is 0 Å². The highest BCUT2D eigenvalue weighted by Gasteiger charge is 2.22. The maximum Gasteiger partial charge on any atom is 0.213 e. The molecule has 0 N–H and O–H groups in total. The van der Waals surface area contributed by atoms with Gasteiger partial charge in [-0.2, -0.15) is 0 Å². The van der Waals surface area contributed by atoms with Gasteiger partial charge in [0, 0.05) is 26.1 Å². The number of nitrogens with zero attached hydrogens (tertiary/aromatic N) is 1. The molecule has 1 aliphatic rings. The summed E-state index contributed by atoms with van der Waals surface area (Å²) >= 11 is 5.50. The van der Waals surface area contributed by atoms with Crippen LogP contribution in [0, 0.1) is 0 Å². The van der Waals surface area contributed by atoms with Crippen LogP contribution < -0.4 is 0 Å². The summed E-state index contributed by atoms with van der Waals surface area (Å²) in [5.41, 5.74) is 0. The van der Waals surface area contributed by atoms with Crippen molar-refractivity contribution in [2.45, 2.75) is 31.8 Å². The second-order valence-corrected chi connectivity index (χ2v) is 6.70. The first-order valence-electron chi connectivity index (χ1n) is 5.68. The summed E-state index contributed by atoms with van der Waals surface area (Å²) in [6, 6.07) is 0. The monoisotopic (exact) mass is 269 g/mol. The summed E-state index contributed by atoms with van der Waals surface area (Å²) in [5.74, 6) is 0.507.